The van der Waals surface area contributed by atoms with E-state index in [4.69, 9.17) is 10.00 Å². The number of hydrogen-bond donors (Lipinski definition) is 0. The maximum atomic E-state index is 14.0. The Balaban J connectivity index is 1.21. The summed E-state index contributed by atoms with van der Waals surface area (Å²) in [5, 5.41) is 8.93. The first kappa shape index (κ1) is 25.1. The molecule has 1 spiro atoms. The molecule has 0 unspecified atom stereocenters. The molecule has 8 nitrogen and oxygen atoms in total. The SMILES string of the molecule is N#Cc1ccc(CN2CCC3(CCCN(S(=O)(=O)c4ccc(N5CCOCC5)nc4)C3)CC2)cc1F. The average Bonchev–Trinajstić information content (AvgIpc) is 2.91. The zero-order valence-electron chi connectivity index (χ0n) is 20.4. The van der Waals surface area contributed by atoms with Gasteiger partial charge in [0.05, 0.1) is 18.8 Å². The molecule has 0 saturated carbocycles. The Hall–Kier alpha value is -2.58. The molecule has 3 saturated heterocycles. The van der Waals surface area contributed by atoms with Crippen LogP contribution in [-0.2, 0) is 21.3 Å². The van der Waals surface area contributed by atoms with Crippen LogP contribution in [0, 0.1) is 22.6 Å². The molecule has 3 aliphatic heterocycles. The molecule has 3 aliphatic rings. The van der Waals surface area contributed by atoms with Crippen molar-refractivity contribution in [2.24, 2.45) is 5.41 Å². The summed E-state index contributed by atoms with van der Waals surface area (Å²) in [7, 11) is -3.61. The molecule has 0 amide bonds. The second-order valence-corrected chi connectivity index (χ2v) is 12.0. The lowest BCUT2D eigenvalue weighted by atomic mass is 9.73. The summed E-state index contributed by atoms with van der Waals surface area (Å²) in [4.78, 5) is 9.09. The summed E-state index contributed by atoms with van der Waals surface area (Å²) in [5.74, 6) is 0.297. The van der Waals surface area contributed by atoms with Crippen LogP contribution in [0.15, 0.2) is 41.4 Å². The molecule has 10 heteroatoms. The van der Waals surface area contributed by atoms with Crippen molar-refractivity contribution < 1.29 is 17.5 Å². The molecule has 192 valence electrons. The number of anilines is 1. The average molecular weight is 514 g/mol. The summed E-state index contributed by atoms with van der Waals surface area (Å²) in [6, 6.07) is 10.1. The van der Waals surface area contributed by atoms with Gasteiger partial charge in [0.1, 0.15) is 22.6 Å². The number of sulfonamides is 1. The van der Waals surface area contributed by atoms with Gasteiger partial charge in [0.15, 0.2) is 0 Å². The normalized spacial score (nSPS) is 21.4. The quantitative estimate of drug-likeness (QED) is 0.607. The van der Waals surface area contributed by atoms with Crippen LogP contribution in [0.5, 0.6) is 0 Å². The first-order valence-corrected chi connectivity index (χ1v) is 14.0. The maximum absolute atomic E-state index is 14.0. The highest BCUT2D eigenvalue weighted by molar-refractivity contribution is 7.89. The molecule has 0 radical (unpaired) electrons. The fraction of sp³-hybridized carbons (Fsp3) is 0.538. The van der Waals surface area contributed by atoms with Gasteiger partial charge < -0.3 is 9.64 Å². The Morgan fingerprint density at radius 1 is 1.06 bits per heavy atom. The van der Waals surface area contributed by atoms with Crippen molar-refractivity contribution in [3.63, 3.8) is 0 Å². The van der Waals surface area contributed by atoms with Gasteiger partial charge in [0, 0.05) is 38.9 Å². The molecule has 0 aliphatic carbocycles. The van der Waals surface area contributed by atoms with Crippen LogP contribution in [0.2, 0.25) is 0 Å². The van der Waals surface area contributed by atoms with Crippen molar-refractivity contribution in [1.82, 2.24) is 14.2 Å². The van der Waals surface area contributed by atoms with Crippen molar-refractivity contribution in [3.05, 3.63) is 53.5 Å². The lowest BCUT2D eigenvalue weighted by Crippen LogP contribution is -2.50. The van der Waals surface area contributed by atoms with Crippen molar-refractivity contribution in [2.75, 3.05) is 57.4 Å². The van der Waals surface area contributed by atoms with Gasteiger partial charge in [0.25, 0.3) is 0 Å². The number of nitrogens with zero attached hydrogens (tertiary/aromatic N) is 5. The van der Waals surface area contributed by atoms with Crippen molar-refractivity contribution in [1.29, 1.82) is 5.26 Å². The first-order valence-electron chi connectivity index (χ1n) is 12.6. The first-order chi connectivity index (χ1) is 17.4. The summed E-state index contributed by atoms with van der Waals surface area (Å²) >= 11 is 0. The molecule has 2 aromatic rings. The monoisotopic (exact) mass is 513 g/mol. The van der Waals surface area contributed by atoms with E-state index in [9.17, 15) is 12.8 Å². The molecular formula is C26H32FN5O3S. The molecule has 3 fully saturated rings. The molecule has 1 aromatic heterocycles. The van der Waals surface area contributed by atoms with E-state index in [-0.39, 0.29) is 15.9 Å². The number of likely N-dealkylation sites (tertiary alicyclic amines) is 1. The number of pyridine rings is 1. The van der Waals surface area contributed by atoms with Gasteiger partial charge in [-0.2, -0.15) is 9.57 Å². The number of piperidine rings is 2. The van der Waals surface area contributed by atoms with Gasteiger partial charge in [-0.3, -0.25) is 4.90 Å². The van der Waals surface area contributed by atoms with Gasteiger partial charge in [-0.1, -0.05) is 6.07 Å². The molecule has 36 heavy (non-hydrogen) atoms. The maximum Gasteiger partial charge on any atom is 0.244 e. The molecule has 1 aromatic carbocycles. The third-order valence-electron chi connectivity index (χ3n) is 7.80. The number of morpholine rings is 1. The minimum atomic E-state index is -3.61. The van der Waals surface area contributed by atoms with E-state index in [0.717, 1.165) is 63.2 Å². The summed E-state index contributed by atoms with van der Waals surface area (Å²) in [6.45, 7) is 6.18. The Morgan fingerprint density at radius 2 is 1.83 bits per heavy atom. The highest BCUT2D eigenvalue weighted by atomic mass is 32.2. The van der Waals surface area contributed by atoms with E-state index in [1.165, 1.54) is 18.3 Å². The fourth-order valence-electron chi connectivity index (χ4n) is 5.62. The largest absolute Gasteiger partial charge is 0.378 e. The Labute approximate surface area is 212 Å². The topological polar surface area (TPSA) is 89.8 Å². The van der Waals surface area contributed by atoms with Gasteiger partial charge >= 0.3 is 0 Å². The fourth-order valence-corrected chi connectivity index (χ4v) is 7.16. The Kier molecular flexibility index (Phi) is 7.26. The molecule has 0 bridgehead atoms. The van der Waals surface area contributed by atoms with Crippen LogP contribution < -0.4 is 4.90 Å². The molecule has 0 N–H and O–H groups in total. The van der Waals surface area contributed by atoms with E-state index >= 15 is 0 Å². The molecule has 5 rings (SSSR count). The summed E-state index contributed by atoms with van der Waals surface area (Å²) < 4.78 is 48.0. The number of benzene rings is 1. The predicted molar refractivity (Wildman–Crippen MR) is 133 cm³/mol. The van der Waals surface area contributed by atoms with Crippen LogP contribution in [-0.4, -0.2) is 75.1 Å². The summed E-state index contributed by atoms with van der Waals surface area (Å²) in [6.07, 6.45) is 5.17. The number of halogens is 1. The van der Waals surface area contributed by atoms with Crippen LogP contribution in [0.3, 0.4) is 0 Å². The number of aromatic nitrogens is 1. The summed E-state index contributed by atoms with van der Waals surface area (Å²) in [5.41, 5.74) is 0.882. The third kappa shape index (κ3) is 5.25. The van der Waals surface area contributed by atoms with Crippen molar-refractivity contribution in [3.8, 4) is 6.07 Å². The zero-order chi connectivity index (χ0) is 25.2. The van der Waals surface area contributed by atoms with E-state index in [1.54, 1.807) is 22.5 Å². The second-order valence-electron chi connectivity index (χ2n) is 10.1. The minimum Gasteiger partial charge on any atom is -0.378 e. The van der Waals surface area contributed by atoms with E-state index < -0.39 is 15.8 Å². The molecular weight excluding hydrogens is 481 g/mol. The van der Waals surface area contributed by atoms with Gasteiger partial charge in [-0.05, 0) is 74.0 Å². The number of hydrogen-bond acceptors (Lipinski definition) is 7. The van der Waals surface area contributed by atoms with Crippen LogP contribution in [0.1, 0.15) is 36.8 Å². The highest BCUT2D eigenvalue weighted by Gasteiger charge is 2.42. The predicted octanol–water partition coefficient (Wildman–Crippen LogP) is 3.00. The number of rotatable bonds is 5. The van der Waals surface area contributed by atoms with Gasteiger partial charge in [0.2, 0.25) is 10.0 Å². The Bertz CT molecular complexity index is 1220. The van der Waals surface area contributed by atoms with Crippen molar-refractivity contribution in [2.45, 2.75) is 37.1 Å². The standard InChI is InChI=1S/C26H32FN5O3S/c27-24-16-21(2-3-22(24)17-28)19-30-10-7-26(8-11-30)6-1-9-32(20-26)36(33,34)23-4-5-25(29-18-23)31-12-14-35-15-13-31/h2-5,16,18H,1,6-15,19-20H2. The highest BCUT2D eigenvalue weighted by Crippen LogP contribution is 2.41. The molecule has 0 atom stereocenters. The number of ether oxygens (including phenoxy) is 1. The minimum absolute atomic E-state index is 0.0289. The number of nitriles is 1. The van der Waals surface area contributed by atoms with Gasteiger partial charge in [-0.25, -0.2) is 17.8 Å². The van der Waals surface area contributed by atoms with E-state index in [1.807, 2.05) is 6.07 Å². The van der Waals surface area contributed by atoms with Crippen LogP contribution >= 0.6 is 0 Å². The Morgan fingerprint density at radius 3 is 2.50 bits per heavy atom. The van der Waals surface area contributed by atoms with E-state index in [0.29, 0.717) is 32.8 Å². The van der Waals surface area contributed by atoms with Gasteiger partial charge in [-0.15, -0.1) is 0 Å². The third-order valence-corrected chi connectivity index (χ3v) is 9.63. The lowest BCUT2D eigenvalue weighted by Gasteiger charge is -2.47. The van der Waals surface area contributed by atoms with Crippen LogP contribution in [0.25, 0.3) is 0 Å². The smallest absolute Gasteiger partial charge is 0.244 e. The van der Waals surface area contributed by atoms with E-state index in [2.05, 4.69) is 14.8 Å². The van der Waals surface area contributed by atoms with Crippen molar-refractivity contribution >= 4 is 15.8 Å². The molecule has 4 heterocycles. The lowest BCUT2D eigenvalue weighted by molar-refractivity contribution is 0.0495. The zero-order valence-corrected chi connectivity index (χ0v) is 21.2. The van der Waals surface area contributed by atoms with Crippen LogP contribution in [0.4, 0.5) is 10.2 Å². The second kappa shape index (κ2) is 10.4.